The molecule has 2 heterocycles. The number of hydrogen-bond acceptors (Lipinski definition) is 3. The van der Waals surface area contributed by atoms with Crippen molar-refractivity contribution in [2.45, 2.75) is 65.8 Å². The molecular weight excluding hydrogens is 384 g/mol. The third kappa shape index (κ3) is 4.61. The lowest BCUT2D eigenvalue weighted by molar-refractivity contribution is 0.0949. The van der Waals surface area contributed by atoms with Gasteiger partial charge in [0, 0.05) is 23.8 Å². The smallest absolute Gasteiger partial charge is 0.254 e. The fourth-order valence-electron chi connectivity index (χ4n) is 3.99. The molecule has 6 heteroatoms. The molecule has 0 radical (unpaired) electrons. The number of amides is 1. The highest BCUT2D eigenvalue weighted by molar-refractivity contribution is 6.35. The first kappa shape index (κ1) is 21.3. The third-order valence-corrected chi connectivity index (χ3v) is 5.81. The molecule has 3 rings (SSSR count). The van der Waals surface area contributed by atoms with E-state index in [2.05, 4.69) is 47.1 Å². The van der Waals surface area contributed by atoms with Crippen LogP contribution in [-0.2, 0) is 6.54 Å². The molecule has 1 aromatic carbocycles. The van der Waals surface area contributed by atoms with Crippen LogP contribution in [-0.4, -0.2) is 20.9 Å². The molecule has 0 aliphatic rings. The molecule has 5 nitrogen and oxygen atoms in total. The Balaban J connectivity index is 1.86. The summed E-state index contributed by atoms with van der Waals surface area (Å²) < 4.78 is 0. The van der Waals surface area contributed by atoms with Crippen molar-refractivity contribution in [1.29, 1.82) is 0 Å². The van der Waals surface area contributed by atoms with Crippen LogP contribution in [0.4, 0.5) is 0 Å². The predicted molar refractivity (Wildman–Crippen MR) is 119 cm³/mol. The van der Waals surface area contributed by atoms with Gasteiger partial charge in [-0.3, -0.25) is 4.79 Å². The molecular formula is C23H29ClN4O. The van der Waals surface area contributed by atoms with Crippen molar-refractivity contribution in [3.63, 3.8) is 0 Å². The number of nitrogens with one attached hydrogen (secondary N) is 2. The van der Waals surface area contributed by atoms with Gasteiger partial charge in [0.05, 0.1) is 21.8 Å². The summed E-state index contributed by atoms with van der Waals surface area (Å²) in [6, 6.07) is 4.05. The van der Waals surface area contributed by atoms with Gasteiger partial charge >= 0.3 is 0 Å². The molecule has 154 valence electrons. The summed E-state index contributed by atoms with van der Waals surface area (Å²) in [7, 11) is 0. The normalized spacial score (nSPS) is 11.4. The van der Waals surface area contributed by atoms with Crippen molar-refractivity contribution in [3.8, 4) is 0 Å². The van der Waals surface area contributed by atoms with Gasteiger partial charge in [-0.1, -0.05) is 38.3 Å². The molecule has 3 aromatic rings. The first-order valence-electron chi connectivity index (χ1n) is 10.3. The highest BCUT2D eigenvalue weighted by atomic mass is 35.5. The molecule has 0 atom stereocenters. The Morgan fingerprint density at radius 3 is 2.59 bits per heavy atom. The predicted octanol–water partition coefficient (Wildman–Crippen LogP) is 5.84. The molecule has 2 N–H and O–H groups in total. The van der Waals surface area contributed by atoms with Crippen LogP contribution in [0.25, 0.3) is 10.9 Å². The molecule has 0 aliphatic carbocycles. The van der Waals surface area contributed by atoms with Crippen LogP contribution >= 0.6 is 11.6 Å². The zero-order valence-corrected chi connectivity index (χ0v) is 18.4. The Bertz CT molecular complexity index is 1010. The van der Waals surface area contributed by atoms with E-state index in [1.165, 1.54) is 36.6 Å². The summed E-state index contributed by atoms with van der Waals surface area (Å²) in [6.07, 6.45) is 7.63. The van der Waals surface area contributed by atoms with E-state index in [1.54, 1.807) is 6.92 Å². The van der Waals surface area contributed by atoms with E-state index >= 15 is 0 Å². The number of H-pyrrole nitrogens is 1. The van der Waals surface area contributed by atoms with E-state index in [9.17, 15) is 4.79 Å². The van der Waals surface area contributed by atoms with Gasteiger partial charge < -0.3 is 10.3 Å². The molecule has 1 amide bonds. The van der Waals surface area contributed by atoms with Crippen LogP contribution in [0, 0.1) is 13.8 Å². The summed E-state index contributed by atoms with van der Waals surface area (Å²) in [6.45, 7) is 8.82. The molecule has 0 bridgehead atoms. The summed E-state index contributed by atoms with van der Waals surface area (Å²) in [4.78, 5) is 24.1. The van der Waals surface area contributed by atoms with Gasteiger partial charge in [-0.15, -0.1) is 0 Å². The molecule has 0 aliphatic heterocycles. The number of rotatable bonds is 8. The number of nitrogens with zero attached hydrogens (tertiary/aromatic N) is 2. The third-order valence-electron chi connectivity index (χ3n) is 5.51. The number of hydrogen-bond donors (Lipinski definition) is 2. The summed E-state index contributed by atoms with van der Waals surface area (Å²) in [5.74, 6) is 0.342. The van der Waals surface area contributed by atoms with E-state index in [1.807, 2.05) is 6.07 Å². The SMILES string of the molecule is CCCC(CCC)c1[nH]c2c(Cl)cc(CNC(=O)c3cncnc3C)cc2c1C. The van der Waals surface area contributed by atoms with Gasteiger partial charge in [0.1, 0.15) is 6.33 Å². The number of carbonyl (C=O) groups excluding carboxylic acids is 1. The summed E-state index contributed by atoms with van der Waals surface area (Å²) >= 11 is 6.60. The quantitative estimate of drug-likeness (QED) is 0.488. The lowest BCUT2D eigenvalue weighted by atomic mass is 9.92. The second kappa shape index (κ2) is 9.40. The fraction of sp³-hybridized carbons (Fsp3) is 0.435. The highest BCUT2D eigenvalue weighted by Gasteiger charge is 2.19. The van der Waals surface area contributed by atoms with Gasteiger partial charge in [-0.25, -0.2) is 9.97 Å². The number of carbonyl (C=O) groups is 1. The molecule has 0 fully saturated rings. The summed E-state index contributed by atoms with van der Waals surface area (Å²) in [5.41, 5.74) is 5.66. The van der Waals surface area contributed by atoms with E-state index in [0.29, 0.717) is 28.7 Å². The Labute approximate surface area is 177 Å². The number of benzene rings is 1. The van der Waals surface area contributed by atoms with Gasteiger partial charge in [0.25, 0.3) is 5.91 Å². The molecule has 2 aromatic heterocycles. The standard InChI is InChI=1S/C23H29ClN4O/c1-5-7-17(8-6-2)21-14(3)18-9-16(10-20(24)22(18)28-21)11-26-23(29)19-12-25-13-27-15(19)4/h9-10,12-13,17,28H,5-8,11H2,1-4H3,(H,26,29). The Hall–Kier alpha value is -2.40. The van der Waals surface area contributed by atoms with Crippen molar-refractivity contribution < 1.29 is 4.79 Å². The lowest BCUT2D eigenvalue weighted by Crippen LogP contribution is -2.24. The van der Waals surface area contributed by atoms with Gasteiger partial charge in [0.15, 0.2) is 0 Å². The maximum absolute atomic E-state index is 12.5. The van der Waals surface area contributed by atoms with Crippen LogP contribution in [0.2, 0.25) is 5.02 Å². The lowest BCUT2D eigenvalue weighted by Gasteiger charge is -2.15. The van der Waals surface area contributed by atoms with E-state index in [-0.39, 0.29) is 5.91 Å². The van der Waals surface area contributed by atoms with Crippen molar-refractivity contribution in [3.05, 3.63) is 57.8 Å². The minimum Gasteiger partial charge on any atom is -0.357 e. The molecule has 29 heavy (non-hydrogen) atoms. The fourth-order valence-corrected chi connectivity index (χ4v) is 4.28. The Morgan fingerprint density at radius 2 is 1.93 bits per heavy atom. The number of aryl methyl sites for hydroxylation is 2. The topological polar surface area (TPSA) is 70.7 Å². The van der Waals surface area contributed by atoms with Gasteiger partial charge in [0.2, 0.25) is 0 Å². The van der Waals surface area contributed by atoms with Gasteiger partial charge in [-0.05, 0) is 55.9 Å². The van der Waals surface area contributed by atoms with Crippen LogP contribution in [0.1, 0.15) is 78.3 Å². The second-order valence-corrected chi connectivity index (χ2v) is 8.05. The van der Waals surface area contributed by atoms with Crippen LogP contribution in [0.3, 0.4) is 0 Å². The number of aromatic amines is 1. The average Bonchev–Trinajstić information content (AvgIpc) is 3.03. The van der Waals surface area contributed by atoms with Crippen molar-refractivity contribution >= 4 is 28.4 Å². The van der Waals surface area contributed by atoms with Gasteiger partial charge in [-0.2, -0.15) is 0 Å². The van der Waals surface area contributed by atoms with Crippen LogP contribution < -0.4 is 5.32 Å². The van der Waals surface area contributed by atoms with E-state index < -0.39 is 0 Å². The largest absolute Gasteiger partial charge is 0.357 e. The summed E-state index contributed by atoms with van der Waals surface area (Å²) in [5, 5.41) is 4.77. The average molecular weight is 413 g/mol. The van der Waals surface area contributed by atoms with E-state index in [0.717, 1.165) is 29.3 Å². The molecule has 0 spiro atoms. The van der Waals surface area contributed by atoms with Crippen molar-refractivity contribution in [1.82, 2.24) is 20.3 Å². The zero-order valence-electron chi connectivity index (χ0n) is 17.6. The highest BCUT2D eigenvalue weighted by Crippen LogP contribution is 2.35. The number of halogens is 1. The number of fused-ring (bicyclic) bond motifs is 1. The minimum atomic E-state index is -0.184. The van der Waals surface area contributed by atoms with Crippen molar-refractivity contribution in [2.24, 2.45) is 0 Å². The first-order valence-corrected chi connectivity index (χ1v) is 10.7. The maximum Gasteiger partial charge on any atom is 0.254 e. The Morgan fingerprint density at radius 1 is 1.21 bits per heavy atom. The molecule has 0 unspecified atom stereocenters. The van der Waals surface area contributed by atoms with Crippen molar-refractivity contribution in [2.75, 3.05) is 0 Å². The monoisotopic (exact) mass is 412 g/mol. The first-order chi connectivity index (χ1) is 14.0. The molecule has 0 saturated carbocycles. The Kier molecular flexibility index (Phi) is 6.91. The van der Waals surface area contributed by atoms with E-state index in [4.69, 9.17) is 11.6 Å². The number of aromatic nitrogens is 3. The van der Waals surface area contributed by atoms with Crippen LogP contribution in [0.5, 0.6) is 0 Å². The molecule has 0 saturated heterocycles. The maximum atomic E-state index is 12.5. The minimum absolute atomic E-state index is 0.184. The second-order valence-electron chi connectivity index (χ2n) is 7.64. The zero-order chi connectivity index (χ0) is 21.0. The van der Waals surface area contributed by atoms with Crippen LogP contribution in [0.15, 0.2) is 24.7 Å².